The molecule has 9 nitrogen and oxygen atoms in total. The summed E-state index contributed by atoms with van der Waals surface area (Å²) < 4.78 is 15.1. The van der Waals surface area contributed by atoms with E-state index in [0.717, 1.165) is 38.5 Å². The summed E-state index contributed by atoms with van der Waals surface area (Å²) >= 11 is 1.60. The van der Waals surface area contributed by atoms with Crippen LogP contribution in [0.4, 0.5) is 0 Å². The predicted octanol–water partition coefficient (Wildman–Crippen LogP) is 6.35. The van der Waals surface area contributed by atoms with E-state index in [0.29, 0.717) is 16.9 Å². The number of imide groups is 1. The molecule has 7 rings (SSSR count). The Hall–Kier alpha value is -4.61. The zero-order valence-corrected chi connectivity index (χ0v) is 26.8. The number of thioether (sulfide) groups is 1. The number of ether oxygens (including phenoxy) is 2. The van der Waals surface area contributed by atoms with Crippen LogP contribution in [0.3, 0.4) is 0 Å². The summed E-state index contributed by atoms with van der Waals surface area (Å²) in [5.41, 5.74) is 6.51. The largest absolute Gasteiger partial charge is 0.392 e. The van der Waals surface area contributed by atoms with Crippen molar-refractivity contribution in [1.82, 2.24) is 19.7 Å². The number of carbonyl (C=O) groups excluding carboxylic acids is 2. The van der Waals surface area contributed by atoms with Gasteiger partial charge in [-0.15, -0.1) is 10.2 Å². The van der Waals surface area contributed by atoms with Gasteiger partial charge in [0.25, 0.3) is 11.8 Å². The fraction of sp³-hybridized carbons (Fsp3) is 0.243. The molecule has 238 valence electrons. The van der Waals surface area contributed by atoms with Gasteiger partial charge in [-0.3, -0.25) is 14.5 Å². The van der Waals surface area contributed by atoms with Crippen molar-refractivity contribution in [2.45, 2.75) is 43.7 Å². The van der Waals surface area contributed by atoms with Crippen molar-refractivity contribution in [3.8, 4) is 11.1 Å². The van der Waals surface area contributed by atoms with Crippen LogP contribution in [0.2, 0.25) is 0 Å². The van der Waals surface area contributed by atoms with Crippen molar-refractivity contribution in [3.05, 3.63) is 137 Å². The van der Waals surface area contributed by atoms with Crippen LogP contribution in [0, 0.1) is 5.92 Å². The van der Waals surface area contributed by atoms with E-state index in [4.69, 9.17) is 9.47 Å². The molecule has 0 bridgehead atoms. The number of aliphatic hydroxyl groups excluding tert-OH is 1. The van der Waals surface area contributed by atoms with Crippen molar-refractivity contribution >= 4 is 23.6 Å². The highest BCUT2D eigenvalue weighted by Crippen LogP contribution is 2.43. The zero-order chi connectivity index (χ0) is 32.5. The maximum atomic E-state index is 12.9. The second-order valence-electron chi connectivity index (χ2n) is 11.9. The predicted molar refractivity (Wildman–Crippen MR) is 177 cm³/mol. The van der Waals surface area contributed by atoms with Crippen molar-refractivity contribution in [3.63, 3.8) is 0 Å². The topological polar surface area (TPSA) is 107 Å². The van der Waals surface area contributed by atoms with Gasteiger partial charge in [0.2, 0.25) is 0 Å². The van der Waals surface area contributed by atoms with Gasteiger partial charge in [0, 0.05) is 24.3 Å². The first-order valence-electron chi connectivity index (χ1n) is 15.5. The number of carbonyl (C=O) groups is 2. The van der Waals surface area contributed by atoms with Crippen LogP contribution in [0.1, 0.15) is 62.3 Å². The quantitative estimate of drug-likeness (QED) is 0.146. The maximum Gasteiger partial charge on any atom is 0.261 e. The molecular formula is C37H34N4O5S. The van der Waals surface area contributed by atoms with E-state index >= 15 is 0 Å². The van der Waals surface area contributed by atoms with Crippen LogP contribution in [0.15, 0.2) is 109 Å². The Bertz CT molecular complexity index is 1870. The number of amides is 2. The van der Waals surface area contributed by atoms with Crippen LogP contribution < -0.4 is 0 Å². The van der Waals surface area contributed by atoms with E-state index < -0.39 is 6.29 Å². The zero-order valence-electron chi connectivity index (χ0n) is 26.0. The molecular weight excluding hydrogens is 612 g/mol. The van der Waals surface area contributed by atoms with Crippen LogP contribution in [-0.4, -0.2) is 48.4 Å². The lowest BCUT2D eigenvalue weighted by Gasteiger charge is -2.41. The number of hydrogen-bond donors (Lipinski definition) is 1. The Morgan fingerprint density at radius 1 is 0.809 bits per heavy atom. The summed E-state index contributed by atoms with van der Waals surface area (Å²) in [6, 6.07) is 30.8. The van der Waals surface area contributed by atoms with E-state index in [1.165, 1.54) is 4.90 Å². The van der Waals surface area contributed by atoms with Gasteiger partial charge in [-0.25, -0.2) is 0 Å². The molecule has 0 spiro atoms. The fourth-order valence-electron chi connectivity index (χ4n) is 6.12. The van der Waals surface area contributed by atoms with E-state index in [2.05, 4.69) is 17.1 Å². The molecule has 2 aliphatic rings. The third-order valence-electron chi connectivity index (χ3n) is 8.83. The summed E-state index contributed by atoms with van der Waals surface area (Å²) in [4.78, 5) is 27.1. The van der Waals surface area contributed by atoms with Crippen molar-refractivity contribution in [2.75, 3.05) is 5.75 Å². The maximum absolute atomic E-state index is 12.9. The van der Waals surface area contributed by atoms with E-state index in [1.807, 2.05) is 84.4 Å². The van der Waals surface area contributed by atoms with E-state index in [1.54, 1.807) is 42.4 Å². The minimum atomic E-state index is -0.590. The first kappa shape index (κ1) is 31.0. The third-order valence-corrected chi connectivity index (χ3v) is 9.96. The molecule has 10 heteroatoms. The third kappa shape index (κ3) is 6.25. The Balaban J connectivity index is 1.10. The van der Waals surface area contributed by atoms with Gasteiger partial charge in [-0.2, -0.15) is 0 Å². The van der Waals surface area contributed by atoms with Crippen molar-refractivity contribution < 1.29 is 24.2 Å². The van der Waals surface area contributed by atoms with Crippen LogP contribution in [-0.2, 0) is 29.7 Å². The molecule has 1 saturated heterocycles. The van der Waals surface area contributed by atoms with Gasteiger partial charge < -0.3 is 19.1 Å². The lowest BCUT2D eigenvalue weighted by molar-refractivity contribution is -0.268. The lowest BCUT2D eigenvalue weighted by atomic mass is 9.91. The Labute approximate surface area is 277 Å². The van der Waals surface area contributed by atoms with Gasteiger partial charge in [0.05, 0.1) is 36.5 Å². The first-order chi connectivity index (χ1) is 22.9. The Kier molecular flexibility index (Phi) is 8.74. The molecule has 0 unspecified atom stereocenters. The number of aromatic nitrogens is 3. The molecule has 4 aromatic carbocycles. The monoisotopic (exact) mass is 646 g/mol. The number of aryl methyl sites for hydroxylation is 1. The summed E-state index contributed by atoms with van der Waals surface area (Å²) in [5.74, 6) is 0.198. The number of benzene rings is 4. The molecule has 0 saturated carbocycles. The number of nitrogens with zero attached hydrogens (tertiary/aromatic N) is 4. The van der Waals surface area contributed by atoms with Crippen molar-refractivity contribution in [1.29, 1.82) is 0 Å². The van der Waals surface area contributed by atoms with Gasteiger partial charge >= 0.3 is 0 Å². The molecule has 1 N–H and O–H groups in total. The average molecular weight is 647 g/mol. The van der Waals surface area contributed by atoms with Crippen LogP contribution in [0.5, 0.6) is 0 Å². The van der Waals surface area contributed by atoms with Crippen LogP contribution in [0.25, 0.3) is 11.1 Å². The first-order valence-corrected chi connectivity index (χ1v) is 16.5. The highest BCUT2D eigenvalue weighted by atomic mass is 32.2. The molecule has 0 aliphatic carbocycles. The number of rotatable bonds is 9. The Morgan fingerprint density at radius 3 is 2.17 bits per heavy atom. The molecule has 5 aromatic rings. The molecule has 2 aliphatic heterocycles. The second-order valence-corrected chi connectivity index (χ2v) is 12.9. The highest BCUT2D eigenvalue weighted by molar-refractivity contribution is 7.99. The summed E-state index contributed by atoms with van der Waals surface area (Å²) in [5, 5.41) is 18.6. The molecule has 2 amide bonds. The summed E-state index contributed by atoms with van der Waals surface area (Å²) in [7, 11) is 1.92. The summed E-state index contributed by atoms with van der Waals surface area (Å²) in [6.07, 6.45) is 0.752. The van der Waals surface area contributed by atoms with Gasteiger partial charge in [0.1, 0.15) is 6.33 Å². The molecule has 3 heterocycles. The molecule has 1 aromatic heterocycles. The van der Waals surface area contributed by atoms with Gasteiger partial charge in [-0.05, 0) is 46.0 Å². The van der Waals surface area contributed by atoms with E-state index in [9.17, 15) is 14.7 Å². The molecule has 0 radical (unpaired) electrons. The molecule has 1 fully saturated rings. The van der Waals surface area contributed by atoms with Crippen LogP contribution >= 0.6 is 11.8 Å². The fourth-order valence-corrected chi connectivity index (χ4v) is 7.17. The summed E-state index contributed by atoms with van der Waals surface area (Å²) in [6.45, 7) is 2.33. The lowest BCUT2D eigenvalue weighted by Crippen LogP contribution is -2.38. The molecule has 4 atom stereocenters. The minimum Gasteiger partial charge on any atom is -0.392 e. The standard InChI is InChI=1S/C37H34N4O5S/c1-23-32(21-47-37-39-38-22-40(37)2)45-36(46-33(23)27-12-10-24(20-42)11-13-27)28-16-14-26(15-17-28)29-7-5-6-25(18-29)19-41-34(43)30-8-3-4-9-31(30)35(41)44/h3-18,22-23,32-33,36,42H,19-21H2,1-2H3/t23-,32+,33+,36+/m0/s1. The van der Waals surface area contributed by atoms with Gasteiger partial charge in [-0.1, -0.05) is 97.5 Å². The number of fused-ring (bicyclic) bond motifs is 1. The Morgan fingerprint density at radius 2 is 1.51 bits per heavy atom. The average Bonchev–Trinajstić information content (AvgIpc) is 3.63. The minimum absolute atomic E-state index is 0.0118. The smallest absolute Gasteiger partial charge is 0.261 e. The number of hydrogen-bond acceptors (Lipinski definition) is 8. The van der Waals surface area contributed by atoms with Gasteiger partial charge in [0.15, 0.2) is 11.4 Å². The molecule has 47 heavy (non-hydrogen) atoms. The SMILES string of the molecule is C[C@H]1[C@@H](CSc2nncn2C)O[C@@H](c2ccc(-c3cccc(CN4C(=O)c5ccccc5C4=O)c3)cc2)O[C@H]1c1ccc(CO)cc1. The number of aliphatic hydroxyl groups is 1. The van der Waals surface area contributed by atoms with Crippen molar-refractivity contribution in [2.24, 2.45) is 13.0 Å². The normalized spacial score (nSPS) is 20.9. The van der Waals surface area contributed by atoms with E-state index in [-0.39, 0.29) is 43.1 Å². The second kappa shape index (κ2) is 13.2. The highest BCUT2D eigenvalue weighted by Gasteiger charge is 2.39.